The lowest BCUT2D eigenvalue weighted by Gasteiger charge is -2.23. The Morgan fingerprint density at radius 3 is 2.86 bits per heavy atom. The van der Waals surface area contributed by atoms with Crippen molar-refractivity contribution in [2.24, 2.45) is 0 Å². The summed E-state index contributed by atoms with van der Waals surface area (Å²) in [7, 11) is 0. The number of rotatable bonds is 7. The Labute approximate surface area is 186 Å². The molecule has 3 aromatic rings. The van der Waals surface area contributed by atoms with Crippen LogP contribution in [0.1, 0.15) is 12.8 Å². The highest BCUT2D eigenvalue weighted by molar-refractivity contribution is 9.10. The molecular weight excluding hydrogens is 470 g/mol. The number of carbonyl (C=O) groups is 1. The number of ether oxygens (including phenoxy) is 1. The highest BCUT2D eigenvalue weighted by Crippen LogP contribution is 2.30. The lowest BCUT2D eigenvalue weighted by atomic mass is 10.2. The van der Waals surface area contributed by atoms with Crippen LogP contribution < -0.4 is 4.90 Å². The first-order chi connectivity index (χ1) is 14.2. The van der Waals surface area contributed by atoms with E-state index in [9.17, 15) is 4.79 Å². The number of halogens is 1. The first kappa shape index (κ1) is 20.5. The second kappa shape index (κ2) is 9.84. The predicted octanol–water partition coefficient (Wildman–Crippen LogP) is 5.27. The maximum Gasteiger partial charge on any atom is 0.239 e. The standard InChI is InChI=1S/C21H20BrN3O2S2/c22-16-8-6-15(7-9-16)18-13-29-21(24-18)25(12-17-4-3-11-27-17)20(26)14-28-19-5-1-2-10-23-19/h1-2,5-10,13,17H,3-4,11-12,14H2/t17-/m1/s1. The molecule has 1 aromatic carbocycles. The van der Waals surface area contributed by atoms with E-state index >= 15 is 0 Å². The molecule has 0 bridgehead atoms. The fraction of sp³-hybridized carbons (Fsp3) is 0.286. The molecule has 1 aliphatic heterocycles. The summed E-state index contributed by atoms with van der Waals surface area (Å²) in [6.45, 7) is 1.30. The molecule has 1 aliphatic rings. The number of anilines is 1. The van der Waals surface area contributed by atoms with Crippen molar-refractivity contribution in [3.8, 4) is 11.3 Å². The van der Waals surface area contributed by atoms with Crippen LogP contribution in [0.4, 0.5) is 5.13 Å². The van der Waals surface area contributed by atoms with Crippen LogP contribution in [0, 0.1) is 0 Å². The van der Waals surface area contributed by atoms with Crippen LogP contribution in [-0.2, 0) is 9.53 Å². The minimum atomic E-state index is 0.0212. The van der Waals surface area contributed by atoms with Crippen LogP contribution in [0.3, 0.4) is 0 Å². The lowest BCUT2D eigenvalue weighted by molar-refractivity contribution is -0.116. The summed E-state index contributed by atoms with van der Waals surface area (Å²) in [5, 5.41) is 3.55. The maximum atomic E-state index is 13.1. The van der Waals surface area contributed by atoms with Crippen LogP contribution in [-0.4, -0.2) is 40.9 Å². The Kier molecular flexibility index (Phi) is 6.97. The number of nitrogens with zero attached hydrogens (tertiary/aromatic N) is 3. The van der Waals surface area contributed by atoms with Gasteiger partial charge in [0.25, 0.3) is 0 Å². The molecule has 0 aliphatic carbocycles. The average Bonchev–Trinajstić information content (AvgIpc) is 3.44. The molecule has 3 heterocycles. The Hall–Kier alpha value is -1.74. The quantitative estimate of drug-likeness (QED) is 0.423. The topological polar surface area (TPSA) is 55.3 Å². The zero-order valence-corrected chi connectivity index (χ0v) is 18.9. The third-order valence-electron chi connectivity index (χ3n) is 4.56. The molecule has 2 aromatic heterocycles. The van der Waals surface area contributed by atoms with Crippen LogP contribution in [0.5, 0.6) is 0 Å². The normalized spacial score (nSPS) is 16.1. The van der Waals surface area contributed by atoms with Gasteiger partial charge in [-0.15, -0.1) is 11.3 Å². The zero-order chi connectivity index (χ0) is 20.1. The summed E-state index contributed by atoms with van der Waals surface area (Å²) < 4.78 is 6.81. The summed E-state index contributed by atoms with van der Waals surface area (Å²) in [6, 6.07) is 13.7. The molecule has 0 unspecified atom stereocenters. The van der Waals surface area contributed by atoms with Gasteiger partial charge in [-0.1, -0.05) is 45.9 Å². The third-order valence-corrected chi connectivity index (χ3v) is 6.88. The van der Waals surface area contributed by atoms with Crippen molar-refractivity contribution in [3.63, 3.8) is 0 Å². The van der Waals surface area contributed by atoms with Gasteiger partial charge in [0.15, 0.2) is 5.13 Å². The molecule has 1 fully saturated rings. The summed E-state index contributed by atoms with van der Waals surface area (Å²) in [4.78, 5) is 23.9. The minimum absolute atomic E-state index is 0.0212. The van der Waals surface area contributed by atoms with Crippen molar-refractivity contribution in [2.45, 2.75) is 24.0 Å². The van der Waals surface area contributed by atoms with Gasteiger partial charge in [0.1, 0.15) is 0 Å². The SMILES string of the molecule is O=C(CSc1ccccn1)N(C[C@H]1CCCO1)c1nc(-c2ccc(Br)cc2)cs1. The molecule has 1 saturated heterocycles. The smallest absolute Gasteiger partial charge is 0.239 e. The zero-order valence-electron chi connectivity index (χ0n) is 15.7. The van der Waals surface area contributed by atoms with E-state index < -0.39 is 0 Å². The summed E-state index contributed by atoms with van der Waals surface area (Å²) in [5.41, 5.74) is 1.91. The number of carbonyl (C=O) groups excluding carboxylic acids is 1. The van der Waals surface area contributed by atoms with Gasteiger partial charge in [-0.05, 0) is 37.1 Å². The molecule has 150 valence electrons. The van der Waals surface area contributed by atoms with Gasteiger partial charge < -0.3 is 4.74 Å². The largest absolute Gasteiger partial charge is 0.376 e. The van der Waals surface area contributed by atoms with Gasteiger partial charge >= 0.3 is 0 Å². The maximum absolute atomic E-state index is 13.1. The minimum Gasteiger partial charge on any atom is -0.376 e. The fourth-order valence-corrected chi connectivity index (χ4v) is 4.93. The Morgan fingerprint density at radius 2 is 2.14 bits per heavy atom. The second-order valence-electron chi connectivity index (χ2n) is 6.62. The van der Waals surface area contributed by atoms with Gasteiger partial charge in [0.2, 0.25) is 5.91 Å². The fourth-order valence-electron chi connectivity index (χ4n) is 3.07. The molecule has 8 heteroatoms. The summed E-state index contributed by atoms with van der Waals surface area (Å²) in [6.07, 6.45) is 3.82. The van der Waals surface area contributed by atoms with Crippen molar-refractivity contribution < 1.29 is 9.53 Å². The number of aromatic nitrogens is 2. The van der Waals surface area contributed by atoms with Gasteiger partial charge in [0, 0.05) is 28.2 Å². The predicted molar refractivity (Wildman–Crippen MR) is 122 cm³/mol. The van der Waals surface area contributed by atoms with Crippen molar-refractivity contribution in [3.05, 3.63) is 58.5 Å². The van der Waals surface area contributed by atoms with Crippen molar-refractivity contribution in [1.29, 1.82) is 0 Å². The highest BCUT2D eigenvalue weighted by atomic mass is 79.9. The first-order valence-electron chi connectivity index (χ1n) is 9.36. The Balaban J connectivity index is 1.51. The van der Waals surface area contributed by atoms with Gasteiger partial charge in [-0.2, -0.15) is 0 Å². The van der Waals surface area contributed by atoms with Crippen LogP contribution in [0.2, 0.25) is 0 Å². The van der Waals surface area contributed by atoms with E-state index in [1.54, 1.807) is 11.1 Å². The van der Waals surface area contributed by atoms with Crippen molar-refractivity contribution in [1.82, 2.24) is 9.97 Å². The molecule has 0 radical (unpaired) electrons. The molecule has 5 nitrogen and oxygen atoms in total. The van der Waals surface area contributed by atoms with E-state index in [1.807, 2.05) is 47.8 Å². The number of benzene rings is 1. The van der Waals surface area contributed by atoms with E-state index in [1.165, 1.54) is 23.1 Å². The number of thiazole rings is 1. The van der Waals surface area contributed by atoms with E-state index in [2.05, 4.69) is 20.9 Å². The number of thioether (sulfide) groups is 1. The summed E-state index contributed by atoms with van der Waals surface area (Å²) >= 11 is 6.39. The third kappa shape index (κ3) is 5.45. The van der Waals surface area contributed by atoms with E-state index in [4.69, 9.17) is 9.72 Å². The van der Waals surface area contributed by atoms with Crippen molar-refractivity contribution >= 4 is 50.1 Å². The molecule has 4 rings (SSSR count). The molecule has 0 N–H and O–H groups in total. The monoisotopic (exact) mass is 489 g/mol. The molecule has 0 saturated carbocycles. The number of pyridine rings is 1. The molecule has 0 spiro atoms. The Bertz CT molecular complexity index is 944. The highest BCUT2D eigenvalue weighted by Gasteiger charge is 2.26. The van der Waals surface area contributed by atoms with E-state index in [0.717, 1.165) is 40.2 Å². The van der Waals surface area contributed by atoms with Crippen molar-refractivity contribution in [2.75, 3.05) is 23.8 Å². The first-order valence-corrected chi connectivity index (χ1v) is 12.0. The van der Waals surface area contributed by atoms with Crippen LogP contribution in [0.15, 0.2) is 63.5 Å². The van der Waals surface area contributed by atoms with E-state index in [-0.39, 0.29) is 12.0 Å². The van der Waals surface area contributed by atoms with Gasteiger partial charge in [-0.3, -0.25) is 9.69 Å². The number of amides is 1. The van der Waals surface area contributed by atoms with Crippen LogP contribution >= 0.6 is 39.0 Å². The van der Waals surface area contributed by atoms with Crippen LogP contribution in [0.25, 0.3) is 11.3 Å². The molecule has 1 atom stereocenters. The molecule has 1 amide bonds. The van der Waals surface area contributed by atoms with Gasteiger partial charge in [0.05, 0.1) is 29.1 Å². The second-order valence-corrected chi connectivity index (χ2v) is 9.37. The number of hydrogen-bond acceptors (Lipinski definition) is 6. The number of hydrogen-bond donors (Lipinski definition) is 0. The average molecular weight is 490 g/mol. The summed E-state index contributed by atoms with van der Waals surface area (Å²) in [5.74, 6) is 0.338. The van der Waals surface area contributed by atoms with Gasteiger partial charge in [-0.25, -0.2) is 9.97 Å². The lowest BCUT2D eigenvalue weighted by Crippen LogP contribution is -2.38. The van der Waals surface area contributed by atoms with E-state index in [0.29, 0.717) is 17.4 Å². The Morgan fingerprint density at radius 1 is 1.28 bits per heavy atom. The molecule has 29 heavy (non-hydrogen) atoms. The molecular formula is C21H20BrN3O2S2.